The summed E-state index contributed by atoms with van der Waals surface area (Å²) in [6.45, 7) is 28.0. The first kappa shape index (κ1) is 30.5. The Morgan fingerprint density at radius 1 is 0.806 bits per heavy atom. The highest BCUT2D eigenvalue weighted by atomic mass is 28.3. The molecule has 0 fully saturated rings. The molecular weight excluding hydrogens is 473 g/mol. The maximum absolute atomic E-state index is 4.82. The second-order valence-corrected chi connectivity index (χ2v) is 23.5. The van der Waals surface area contributed by atoms with Crippen molar-refractivity contribution in [3.05, 3.63) is 71.7 Å². The maximum Gasteiger partial charge on any atom is 0.147 e. The molecule has 0 spiro atoms. The van der Waals surface area contributed by atoms with Crippen LogP contribution in [-0.4, -0.2) is 40.7 Å². The molecule has 2 unspecified atom stereocenters. The van der Waals surface area contributed by atoms with Gasteiger partial charge in [-0.15, -0.1) is 0 Å². The molecular formula is C30H52N4Si2. The Balaban J connectivity index is 2.24. The van der Waals surface area contributed by atoms with Crippen molar-refractivity contribution in [2.75, 3.05) is 19.3 Å². The number of nitrogens with one attached hydrogen (secondary N) is 3. The van der Waals surface area contributed by atoms with Gasteiger partial charge in [-0.2, -0.15) is 0 Å². The van der Waals surface area contributed by atoms with Gasteiger partial charge in [-0.3, -0.25) is 4.98 Å². The van der Waals surface area contributed by atoms with Crippen molar-refractivity contribution in [2.45, 2.75) is 90.5 Å². The lowest BCUT2D eigenvalue weighted by atomic mass is 9.86. The van der Waals surface area contributed by atoms with Gasteiger partial charge in [0, 0.05) is 42.3 Å². The lowest BCUT2D eigenvalue weighted by Crippen LogP contribution is -2.65. The largest absolute Gasteiger partial charge is 0.390 e. The first-order valence-corrected chi connectivity index (χ1v) is 19.1. The monoisotopic (exact) mass is 524 g/mol. The Labute approximate surface area is 224 Å². The predicted molar refractivity (Wildman–Crippen MR) is 164 cm³/mol. The molecule has 4 nitrogen and oxygen atoms in total. The zero-order valence-electron chi connectivity index (χ0n) is 24.8. The highest BCUT2D eigenvalue weighted by molar-refractivity contribution is 6.79. The van der Waals surface area contributed by atoms with Gasteiger partial charge in [-0.05, 0) is 40.8 Å². The summed E-state index contributed by atoms with van der Waals surface area (Å²) in [5.74, 6) is 0. The van der Waals surface area contributed by atoms with Crippen molar-refractivity contribution in [1.29, 1.82) is 0 Å². The molecule has 2 rings (SSSR count). The van der Waals surface area contributed by atoms with E-state index >= 15 is 0 Å². The fraction of sp³-hybridized carbons (Fsp3) is 0.567. The van der Waals surface area contributed by atoms with Crippen LogP contribution in [0.4, 0.5) is 0 Å². The van der Waals surface area contributed by atoms with Crippen LogP contribution in [0.25, 0.3) is 6.08 Å². The third-order valence-electron chi connectivity index (χ3n) is 8.51. The summed E-state index contributed by atoms with van der Waals surface area (Å²) in [6.07, 6.45) is 5.14. The molecule has 1 heterocycles. The van der Waals surface area contributed by atoms with Gasteiger partial charge in [0.25, 0.3) is 0 Å². The summed E-state index contributed by atoms with van der Waals surface area (Å²) in [5, 5.41) is 4.24. The van der Waals surface area contributed by atoms with Gasteiger partial charge in [0.15, 0.2) is 0 Å². The molecule has 0 amide bonds. The van der Waals surface area contributed by atoms with Gasteiger partial charge in [-0.25, -0.2) is 0 Å². The van der Waals surface area contributed by atoms with E-state index in [1.54, 1.807) is 0 Å². The van der Waals surface area contributed by atoms with Crippen LogP contribution in [-0.2, 0) is 5.41 Å². The van der Waals surface area contributed by atoms with Crippen LogP contribution in [0.3, 0.4) is 0 Å². The van der Waals surface area contributed by atoms with Crippen LogP contribution >= 0.6 is 0 Å². The van der Waals surface area contributed by atoms with Gasteiger partial charge in [0.1, 0.15) is 16.5 Å². The molecule has 1 aromatic carbocycles. The van der Waals surface area contributed by atoms with Crippen LogP contribution < -0.4 is 15.3 Å². The van der Waals surface area contributed by atoms with Crippen LogP contribution in [0.15, 0.2) is 60.4 Å². The number of hydrogen-bond donors (Lipinski definition) is 3. The molecule has 0 aliphatic rings. The fourth-order valence-corrected chi connectivity index (χ4v) is 7.75. The van der Waals surface area contributed by atoms with E-state index in [-0.39, 0.29) is 15.5 Å². The molecule has 200 valence electrons. The number of pyridine rings is 1. The van der Waals surface area contributed by atoms with Gasteiger partial charge in [-0.1, -0.05) is 105 Å². The maximum atomic E-state index is 4.82. The minimum atomic E-state index is -1.93. The predicted octanol–water partition coefficient (Wildman–Crippen LogP) is 7.09. The van der Waals surface area contributed by atoms with Gasteiger partial charge in [0.2, 0.25) is 0 Å². The van der Waals surface area contributed by atoms with Crippen LogP contribution in [0.2, 0.25) is 29.7 Å². The van der Waals surface area contributed by atoms with Gasteiger partial charge < -0.3 is 15.3 Å². The normalized spacial score (nSPS) is 16.8. The average Bonchev–Trinajstić information content (AvgIpc) is 2.80. The van der Waals surface area contributed by atoms with E-state index in [0.717, 1.165) is 25.0 Å². The van der Waals surface area contributed by atoms with E-state index in [0.29, 0.717) is 0 Å². The Morgan fingerprint density at radius 3 is 1.92 bits per heavy atom. The number of hydrogen-bond acceptors (Lipinski definition) is 4. The topological polar surface area (TPSA) is 49.0 Å². The van der Waals surface area contributed by atoms with E-state index in [2.05, 4.69) is 139 Å². The molecule has 6 heteroatoms. The molecule has 0 aliphatic heterocycles. The smallest absolute Gasteiger partial charge is 0.147 e. The zero-order valence-corrected chi connectivity index (χ0v) is 26.8. The molecule has 36 heavy (non-hydrogen) atoms. The second-order valence-electron chi connectivity index (χ2n) is 13.5. The van der Waals surface area contributed by atoms with Crippen molar-refractivity contribution in [3.63, 3.8) is 0 Å². The third kappa shape index (κ3) is 8.13. The van der Waals surface area contributed by atoms with E-state index in [9.17, 15) is 0 Å². The van der Waals surface area contributed by atoms with Crippen LogP contribution in [0.1, 0.15) is 66.6 Å². The van der Waals surface area contributed by atoms with E-state index in [4.69, 9.17) is 4.98 Å². The third-order valence-corrected chi connectivity index (χ3v) is 18.5. The fourth-order valence-electron chi connectivity index (χ4n) is 3.79. The summed E-state index contributed by atoms with van der Waals surface area (Å²) >= 11 is 0. The van der Waals surface area contributed by atoms with Gasteiger partial charge >= 0.3 is 0 Å². The number of allylic oxidation sites excluding steroid dienone is 1. The summed E-state index contributed by atoms with van der Waals surface area (Å²) < 4.78 is 0. The standard InChI is InChI=1S/C30H52N4Si2/c1-25(21-26-17-13-12-14-18-26)32-24-36(11,29(5,6)7)34-23-30(8,27-19-15-16-20-31-27)22-33-35(9,10)28(2,3)4/h12-21,32-34H,22-24H2,1-11H3/b25-21+. The lowest BCUT2D eigenvalue weighted by molar-refractivity contribution is 0.435. The van der Waals surface area contributed by atoms with Crippen molar-refractivity contribution in [3.8, 4) is 0 Å². The molecule has 3 N–H and O–H groups in total. The average molecular weight is 525 g/mol. The molecule has 0 saturated carbocycles. The SMILES string of the molecule is C/C(=C\c1ccccc1)NC[Si](C)(NCC(C)(CN[Si](C)(C)C(C)(C)C)c1ccccn1)C(C)(C)C. The number of nitrogens with zero attached hydrogens (tertiary/aromatic N) is 1. The zero-order chi connectivity index (χ0) is 27.3. The highest BCUT2D eigenvalue weighted by Gasteiger charge is 2.43. The Morgan fingerprint density at radius 2 is 1.39 bits per heavy atom. The van der Waals surface area contributed by atoms with Crippen LogP contribution in [0, 0.1) is 0 Å². The summed E-state index contributed by atoms with van der Waals surface area (Å²) in [5.41, 5.74) is 3.49. The Hall–Kier alpha value is -1.74. The first-order chi connectivity index (χ1) is 16.5. The first-order valence-electron chi connectivity index (χ1n) is 13.4. The summed E-state index contributed by atoms with van der Waals surface area (Å²) in [7, 11) is -3.57. The lowest BCUT2D eigenvalue weighted by Gasteiger charge is -2.45. The Kier molecular flexibility index (Phi) is 9.96. The minimum absolute atomic E-state index is 0.106. The van der Waals surface area contributed by atoms with Crippen molar-refractivity contribution >= 4 is 22.5 Å². The molecule has 0 saturated heterocycles. The number of benzene rings is 1. The number of aromatic nitrogens is 1. The summed E-state index contributed by atoms with van der Waals surface area (Å²) in [6, 6.07) is 16.9. The molecule has 1 aromatic heterocycles. The summed E-state index contributed by atoms with van der Waals surface area (Å²) in [4.78, 5) is 13.0. The molecule has 0 aliphatic carbocycles. The molecule has 0 radical (unpaired) electrons. The molecule has 2 atom stereocenters. The quantitative estimate of drug-likeness (QED) is 0.275. The van der Waals surface area contributed by atoms with E-state index < -0.39 is 16.5 Å². The highest BCUT2D eigenvalue weighted by Crippen LogP contribution is 2.36. The van der Waals surface area contributed by atoms with E-state index in [1.807, 2.05) is 12.3 Å². The number of rotatable bonds is 11. The Bertz CT molecular complexity index is 978. The minimum Gasteiger partial charge on any atom is -0.390 e. The van der Waals surface area contributed by atoms with E-state index in [1.165, 1.54) is 11.3 Å². The van der Waals surface area contributed by atoms with Crippen molar-refractivity contribution in [1.82, 2.24) is 20.3 Å². The van der Waals surface area contributed by atoms with Crippen molar-refractivity contribution in [2.24, 2.45) is 0 Å². The van der Waals surface area contributed by atoms with Gasteiger partial charge in [0.05, 0.1) is 0 Å². The van der Waals surface area contributed by atoms with Crippen LogP contribution in [0.5, 0.6) is 0 Å². The van der Waals surface area contributed by atoms with Crippen molar-refractivity contribution < 1.29 is 0 Å². The molecule has 0 bridgehead atoms. The molecule has 2 aromatic rings. The second kappa shape index (κ2) is 11.8.